The van der Waals surface area contributed by atoms with Crippen LogP contribution in [0.15, 0.2) is 18.2 Å². The number of aliphatic hydroxyl groups excluding tert-OH is 1. The number of halogens is 1. The Balaban J connectivity index is 2.15. The second-order valence-electron chi connectivity index (χ2n) is 4.39. The summed E-state index contributed by atoms with van der Waals surface area (Å²) in [6.45, 7) is 1.01. The van der Waals surface area contributed by atoms with Gasteiger partial charge in [0.2, 0.25) is 0 Å². The van der Waals surface area contributed by atoms with Crippen molar-refractivity contribution in [1.29, 1.82) is 0 Å². The minimum Gasteiger partial charge on any atom is -0.390 e. The second-order valence-corrected chi connectivity index (χ2v) is 4.78. The molecule has 2 aromatic rings. The number of hydrogen-bond acceptors (Lipinski definition) is 2. The van der Waals surface area contributed by atoms with Crippen molar-refractivity contribution < 1.29 is 5.11 Å². The molecule has 1 N–H and O–H groups in total. The van der Waals surface area contributed by atoms with Gasteiger partial charge < -0.3 is 9.67 Å². The van der Waals surface area contributed by atoms with Crippen LogP contribution in [-0.2, 0) is 13.2 Å². The van der Waals surface area contributed by atoms with Gasteiger partial charge in [-0.05, 0) is 37.0 Å². The van der Waals surface area contributed by atoms with Crippen molar-refractivity contribution in [3.8, 4) is 0 Å². The first-order valence-electron chi connectivity index (χ1n) is 5.53. The van der Waals surface area contributed by atoms with Crippen LogP contribution in [0.1, 0.15) is 18.5 Å². The van der Waals surface area contributed by atoms with Crippen LogP contribution >= 0.6 is 11.6 Å². The standard InChI is InChI=1S/C12H13ClN2O/c13-11-4-3-9-5-10(7-16)15(12(9)14-11)6-8-1-2-8/h3-5,8,16H,1-2,6-7H2. The number of pyridine rings is 1. The number of nitrogens with zero attached hydrogens (tertiary/aromatic N) is 2. The SMILES string of the molecule is OCc1cc2ccc(Cl)nc2n1CC1CC1. The van der Waals surface area contributed by atoms with E-state index in [1.807, 2.05) is 12.1 Å². The van der Waals surface area contributed by atoms with Gasteiger partial charge in [0, 0.05) is 17.6 Å². The van der Waals surface area contributed by atoms with Crippen LogP contribution in [0.3, 0.4) is 0 Å². The van der Waals surface area contributed by atoms with E-state index in [9.17, 15) is 5.11 Å². The average molecular weight is 237 g/mol. The van der Waals surface area contributed by atoms with Crippen LogP contribution in [0.2, 0.25) is 5.15 Å². The van der Waals surface area contributed by atoms with Crippen LogP contribution < -0.4 is 0 Å². The van der Waals surface area contributed by atoms with Gasteiger partial charge >= 0.3 is 0 Å². The van der Waals surface area contributed by atoms with E-state index in [4.69, 9.17) is 11.6 Å². The molecular formula is C12H13ClN2O. The zero-order valence-corrected chi connectivity index (χ0v) is 9.61. The monoisotopic (exact) mass is 236 g/mol. The van der Waals surface area contributed by atoms with Gasteiger partial charge in [0.05, 0.1) is 6.61 Å². The summed E-state index contributed by atoms with van der Waals surface area (Å²) in [5.41, 5.74) is 1.82. The maximum Gasteiger partial charge on any atom is 0.141 e. The third-order valence-corrected chi connectivity index (χ3v) is 3.31. The number of fused-ring (bicyclic) bond motifs is 1. The van der Waals surface area contributed by atoms with Crippen molar-refractivity contribution in [2.45, 2.75) is 26.0 Å². The topological polar surface area (TPSA) is 38.1 Å². The molecule has 0 radical (unpaired) electrons. The van der Waals surface area contributed by atoms with Crippen molar-refractivity contribution in [3.63, 3.8) is 0 Å². The second kappa shape index (κ2) is 3.75. The van der Waals surface area contributed by atoms with Crippen LogP contribution in [-0.4, -0.2) is 14.7 Å². The van der Waals surface area contributed by atoms with Crippen molar-refractivity contribution in [1.82, 2.24) is 9.55 Å². The van der Waals surface area contributed by atoms with Gasteiger partial charge in [0.1, 0.15) is 10.8 Å². The molecule has 0 spiro atoms. The summed E-state index contributed by atoms with van der Waals surface area (Å²) >= 11 is 5.91. The van der Waals surface area contributed by atoms with E-state index >= 15 is 0 Å². The van der Waals surface area contributed by atoms with Gasteiger partial charge in [-0.1, -0.05) is 11.6 Å². The molecule has 1 aliphatic carbocycles. The molecule has 2 aromatic heterocycles. The highest BCUT2D eigenvalue weighted by molar-refractivity contribution is 6.29. The molecule has 3 nitrogen and oxygen atoms in total. The Morgan fingerprint density at radius 3 is 2.94 bits per heavy atom. The summed E-state index contributed by atoms with van der Waals surface area (Å²) in [6.07, 6.45) is 2.57. The minimum absolute atomic E-state index is 0.0562. The van der Waals surface area contributed by atoms with E-state index in [2.05, 4.69) is 9.55 Å². The Morgan fingerprint density at radius 2 is 2.25 bits per heavy atom. The average Bonchev–Trinajstić information content (AvgIpc) is 3.02. The highest BCUT2D eigenvalue weighted by Gasteiger charge is 2.23. The highest BCUT2D eigenvalue weighted by atomic mass is 35.5. The normalized spacial score (nSPS) is 15.9. The number of rotatable bonds is 3. The molecule has 0 unspecified atom stereocenters. The lowest BCUT2D eigenvalue weighted by molar-refractivity contribution is 0.270. The van der Waals surface area contributed by atoms with Gasteiger partial charge in [0.15, 0.2) is 0 Å². The fourth-order valence-electron chi connectivity index (χ4n) is 2.05. The molecule has 1 saturated carbocycles. The highest BCUT2D eigenvalue weighted by Crippen LogP contribution is 2.33. The Bertz CT molecular complexity index is 531. The fraction of sp³-hybridized carbons (Fsp3) is 0.417. The Hall–Kier alpha value is -1.06. The van der Waals surface area contributed by atoms with Crippen LogP contribution in [0, 0.1) is 5.92 Å². The zero-order valence-electron chi connectivity index (χ0n) is 8.86. The lowest BCUT2D eigenvalue weighted by atomic mass is 10.3. The van der Waals surface area contributed by atoms with Crippen LogP contribution in [0.25, 0.3) is 11.0 Å². The third-order valence-electron chi connectivity index (χ3n) is 3.10. The maximum atomic E-state index is 9.34. The quantitative estimate of drug-likeness (QED) is 0.832. The largest absolute Gasteiger partial charge is 0.390 e. The van der Waals surface area contributed by atoms with E-state index in [1.165, 1.54) is 12.8 Å². The molecule has 0 aromatic carbocycles. The van der Waals surface area contributed by atoms with Crippen molar-refractivity contribution in [2.24, 2.45) is 5.92 Å². The summed E-state index contributed by atoms with van der Waals surface area (Å²) in [7, 11) is 0. The van der Waals surface area contributed by atoms with E-state index in [-0.39, 0.29) is 6.61 Å². The van der Waals surface area contributed by atoms with Crippen LogP contribution in [0.4, 0.5) is 0 Å². The van der Waals surface area contributed by atoms with Crippen molar-refractivity contribution in [3.05, 3.63) is 29.0 Å². The zero-order chi connectivity index (χ0) is 11.1. The Labute approximate surface area is 98.7 Å². The van der Waals surface area contributed by atoms with E-state index in [0.29, 0.717) is 5.15 Å². The Morgan fingerprint density at radius 1 is 1.44 bits per heavy atom. The number of hydrogen-bond donors (Lipinski definition) is 1. The first-order valence-corrected chi connectivity index (χ1v) is 5.91. The lowest BCUT2D eigenvalue weighted by Gasteiger charge is -2.07. The molecule has 4 heteroatoms. The molecular weight excluding hydrogens is 224 g/mol. The van der Waals surface area contributed by atoms with Crippen molar-refractivity contribution >= 4 is 22.6 Å². The third kappa shape index (κ3) is 1.70. The molecule has 0 saturated heterocycles. The molecule has 0 amide bonds. The first kappa shape index (κ1) is 10.1. The van der Waals surface area contributed by atoms with Gasteiger partial charge in [-0.15, -0.1) is 0 Å². The first-order chi connectivity index (χ1) is 7.78. The number of aliphatic hydroxyl groups is 1. The summed E-state index contributed by atoms with van der Waals surface area (Å²) in [5, 5.41) is 10.9. The fourth-order valence-corrected chi connectivity index (χ4v) is 2.19. The van der Waals surface area contributed by atoms with E-state index in [1.54, 1.807) is 6.07 Å². The molecule has 16 heavy (non-hydrogen) atoms. The summed E-state index contributed by atoms with van der Waals surface area (Å²) < 4.78 is 2.10. The molecule has 0 atom stereocenters. The van der Waals surface area contributed by atoms with Gasteiger partial charge in [-0.25, -0.2) is 4.98 Å². The molecule has 0 aliphatic heterocycles. The molecule has 2 heterocycles. The maximum absolute atomic E-state index is 9.34. The molecule has 3 rings (SSSR count). The predicted octanol–water partition coefficient (Wildman–Crippen LogP) is 2.59. The molecule has 1 fully saturated rings. The van der Waals surface area contributed by atoms with Gasteiger partial charge in [0.25, 0.3) is 0 Å². The summed E-state index contributed by atoms with van der Waals surface area (Å²) in [4.78, 5) is 4.34. The van der Waals surface area contributed by atoms with Crippen LogP contribution in [0.5, 0.6) is 0 Å². The summed E-state index contributed by atoms with van der Waals surface area (Å²) in [6, 6.07) is 5.72. The molecule has 84 valence electrons. The smallest absolute Gasteiger partial charge is 0.141 e. The Kier molecular flexibility index (Phi) is 2.37. The van der Waals surface area contributed by atoms with Gasteiger partial charge in [-0.3, -0.25) is 0 Å². The predicted molar refractivity (Wildman–Crippen MR) is 63.4 cm³/mol. The van der Waals surface area contributed by atoms with Gasteiger partial charge in [-0.2, -0.15) is 0 Å². The van der Waals surface area contributed by atoms with E-state index < -0.39 is 0 Å². The summed E-state index contributed by atoms with van der Waals surface area (Å²) in [5.74, 6) is 0.752. The molecule has 1 aliphatic rings. The van der Waals surface area contributed by atoms with Crippen molar-refractivity contribution in [2.75, 3.05) is 0 Å². The van der Waals surface area contributed by atoms with E-state index in [0.717, 1.165) is 29.2 Å². The minimum atomic E-state index is 0.0562. The molecule has 0 bridgehead atoms. The number of aromatic nitrogens is 2. The lowest BCUT2D eigenvalue weighted by Crippen LogP contribution is -2.05.